The average molecular weight is 305 g/mol. The monoisotopic (exact) mass is 304 g/mol. The molecule has 2 aliphatic rings. The van der Waals surface area contributed by atoms with E-state index in [0.29, 0.717) is 10.6 Å². The fourth-order valence-electron chi connectivity index (χ4n) is 3.62. The second kappa shape index (κ2) is 6.61. The van der Waals surface area contributed by atoms with Gasteiger partial charge in [0, 0.05) is 16.3 Å². The first-order chi connectivity index (χ1) is 10.2. The maximum Gasteiger partial charge on any atom is 0.271 e. The SMILES string of the molecule is O=C(N/N=C1/CC[C@@H]2CCCC[C@H]2C1)c1cccc(Cl)c1. The van der Waals surface area contributed by atoms with E-state index in [1.807, 2.05) is 0 Å². The van der Waals surface area contributed by atoms with Crippen molar-refractivity contribution in [2.24, 2.45) is 16.9 Å². The summed E-state index contributed by atoms with van der Waals surface area (Å²) in [5, 5.41) is 4.92. The summed E-state index contributed by atoms with van der Waals surface area (Å²) in [4.78, 5) is 12.0. The molecule has 1 aromatic carbocycles. The van der Waals surface area contributed by atoms with Gasteiger partial charge in [-0.3, -0.25) is 4.79 Å². The van der Waals surface area contributed by atoms with Gasteiger partial charge in [0.1, 0.15) is 0 Å². The molecule has 3 nitrogen and oxygen atoms in total. The highest BCUT2D eigenvalue weighted by Crippen LogP contribution is 2.39. The van der Waals surface area contributed by atoms with E-state index >= 15 is 0 Å². The third-order valence-corrected chi connectivity index (χ3v) is 5.01. The molecule has 0 spiro atoms. The van der Waals surface area contributed by atoms with Crippen LogP contribution in [0, 0.1) is 11.8 Å². The summed E-state index contributed by atoms with van der Waals surface area (Å²) in [6, 6.07) is 6.95. The molecule has 112 valence electrons. The Morgan fingerprint density at radius 3 is 2.81 bits per heavy atom. The molecular weight excluding hydrogens is 284 g/mol. The number of carbonyl (C=O) groups is 1. The molecule has 0 bridgehead atoms. The van der Waals surface area contributed by atoms with E-state index in [9.17, 15) is 4.79 Å². The zero-order valence-electron chi connectivity index (χ0n) is 12.1. The highest BCUT2D eigenvalue weighted by atomic mass is 35.5. The Balaban J connectivity index is 1.60. The molecule has 0 aliphatic heterocycles. The second-order valence-electron chi connectivity index (χ2n) is 6.18. The highest BCUT2D eigenvalue weighted by Gasteiger charge is 2.30. The molecule has 1 amide bonds. The van der Waals surface area contributed by atoms with Gasteiger partial charge in [0.15, 0.2) is 0 Å². The van der Waals surface area contributed by atoms with Crippen LogP contribution in [-0.4, -0.2) is 11.6 Å². The van der Waals surface area contributed by atoms with Gasteiger partial charge in [-0.15, -0.1) is 0 Å². The van der Waals surface area contributed by atoms with Crippen molar-refractivity contribution in [2.75, 3.05) is 0 Å². The van der Waals surface area contributed by atoms with Gasteiger partial charge in [0.25, 0.3) is 5.91 Å². The Morgan fingerprint density at radius 2 is 2.00 bits per heavy atom. The minimum atomic E-state index is -0.184. The fourth-order valence-corrected chi connectivity index (χ4v) is 3.81. The molecule has 2 fully saturated rings. The Bertz CT molecular complexity index is 555. The van der Waals surface area contributed by atoms with Crippen LogP contribution in [0.3, 0.4) is 0 Å². The minimum Gasteiger partial charge on any atom is -0.267 e. The first-order valence-electron chi connectivity index (χ1n) is 7.84. The topological polar surface area (TPSA) is 41.5 Å². The van der Waals surface area contributed by atoms with E-state index in [1.54, 1.807) is 24.3 Å². The van der Waals surface area contributed by atoms with E-state index in [2.05, 4.69) is 10.5 Å². The van der Waals surface area contributed by atoms with E-state index in [-0.39, 0.29) is 5.91 Å². The molecule has 0 radical (unpaired) electrons. The van der Waals surface area contributed by atoms with Crippen molar-refractivity contribution in [1.29, 1.82) is 0 Å². The first kappa shape index (κ1) is 14.6. The van der Waals surface area contributed by atoms with Gasteiger partial charge in [-0.05, 0) is 55.7 Å². The number of hydrogen-bond acceptors (Lipinski definition) is 2. The normalized spacial score (nSPS) is 27.2. The first-order valence-corrected chi connectivity index (χ1v) is 8.21. The Morgan fingerprint density at radius 1 is 1.19 bits per heavy atom. The number of amides is 1. The number of nitrogens with one attached hydrogen (secondary N) is 1. The zero-order valence-corrected chi connectivity index (χ0v) is 12.9. The molecule has 1 aromatic rings. The molecular formula is C17H21ClN2O. The van der Waals surface area contributed by atoms with Crippen LogP contribution in [0.5, 0.6) is 0 Å². The van der Waals surface area contributed by atoms with E-state index in [4.69, 9.17) is 11.6 Å². The lowest BCUT2D eigenvalue weighted by Gasteiger charge is -2.35. The predicted molar refractivity (Wildman–Crippen MR) is 85.7 cm³/mol. The highest BCUT2D eigenvalue weighted by molar-refractivity contribution is 6.30. The summed E-state index contributed by atoms with van der Waals surface area (Å²) >= 11 is 5.90. The molecule has 0 unspecified atom stereocenters. The third kappa shape index (κ3) is 3.65. The van der Waals surface area contributed by atoms with Crippen molar-refractivity contribution in [1.82, 2.24) is 5.43 Å². The summed E-state index contributed by atoms with van der Waals surface area (Å²) in [6.07, 6.45) is 8.76. The lowest BCUT2D eigenvalue weighted by molar-refractivity contribution is 0.0954. The van der Waals surface area contributed by atoms with Crippen molar-refractivity contribution in [3.05, 3.63) is 34.9 Å². The number of halogens is 1. The van der Waals surface area contributed by atoms with Gasteiger partial charge in [-0.2, -0.15) is 5.10 Å². The maximum absolute atomic E-state index is 12.0. The van der Waals surface area contributed by atoms with Crippen LogP contribution >= 0.6 is 11.6 Å². The number of carbonyl (C=O) groups excluding carboxylic acids is 1. The standard InChI is InChI=1S/C17H21ClN2O/c18-15-7-3-6-14(10-15)17(21)20-19-16-9-8-12-4-1-2-5-13(12)11-16/h3,6-7,10,12-13H,1-2,4-5,8-9,11H2,(H,20,21)/b19-16-/t12-,13-/m0/s1. The van der Waals surface area contributed by atoms with Crippen LogP contribution in [0.1, 0.15) is 55.3 Å². The molecule has 0 aromatic heterocycles. The summed E-state index contributed by atoms with van der Waals surface area (Å²) in [7, 11) is 0. The maximum atomic E-state index is 12.0. The third-order valence-electron chi connectivity index (χ3n) is 4.77. The van der Waals surface area contributed by atoms with Gasteiger partial charge in [0.2, 0.25) is 0 Å². The molecule has 2 saturated carbocycles. The lowest BCUT2D eigenvalue weighted by Crippen LogP contribution is -2.29. The number of benzene rings is 1. The molecule has 3 rings (SSSR count). The summed E-state index contributed by atoms with van der Waals surface area (Å²) in [5.41, 5.74) is 4.38. The molecule has 1 N–H and O–H groups in total. The van der Waals surface area contributed by atoms with Crippen LogP contribution in [0.15, 0.2) is 29.4 Å². The van der Waals surface area contributed by atoms with E-state index in [0.717, 1.165) is 30.4 Å². The summed E-state index contributed by atoms with van der Waals surface area (Å²) in [6.45, 7) is 0. The van der Waals surface area contributed by atoms with Crippen LogP contribution in [-0.2, 0) is 0 Å². The molecule has 0 saturated heterocycles. The van der Waals surface area contributed by atoms with E-state index in [1.165, 1.54) is 32.1 Å². The Hall–Kier alpha value is -1.35. The molecule has 2 atom stereocenters. The smallest absolute Gasteiger partial charge is 0.267 e. The van der Waals surface area contributed by atoms with Crippen molar-refractivity contribution < 1.29 is 4.79 Å². The van der Waals surface area contributed by atoms with Gasteiger partial charge in [-0.1, -0.05) is 36.9 Å². The number of hydrazone groups is 1. The van der Waals surface area contributed by atoms with Crippen LogP contribution in [0.2, 0.25) is 5.02 Å². The summed E-state index contributed by atoms with van der Waals surface area (Å²) < 4.78 is 0. The van der Waals surface area contributed by atoms with Crippen molar-refractivity contribution in [2.45, 2.75) is 44.9 Å². The van der Waals surface area contributed by atoms with Gasteiger partial charge in [0.05, 0.1) is 0 Å². The second-order valence-corrected chi connectivity index (χ2v) is 6.61. The van der Waals surface area contributed by atoms with Crippen molar-refractivity contribution >= 4 is 23.2 Å². The van der Waals surface area contributed by atoms with Gasteiger partial charge < -0.3 is 0 Å². The zero-order chi connectivity index (χ0) is 14.7. The van der Waals surface area contributed by atoms with Crippen LogP contribution in [0.4, 0.5) is 0 Å². The molecule has 21 heavy (non-hydrogen) atoms. The quantitative estimate of drug-likeness (QED) is 0.808. The Labute approximate surface area is 130 Å². The van der Waals surface area contributed by atoms with E-state index < -0.39 is 0 Å². The minimum absolute atomic E-state index is 0.184. The number of fused-ring (bicyclic) bond motifs is 1. The number of nitrogens with zero attached hydrogens (tertiary/aromatic N) is 1. The predicted octanol–water partition coefficient (Wildman–Crippen LogP) is 4.42. The largest absolute Gasteiger partial charge is 0.271 e. The van der Waals surface area contributed by atoms with Crippen molar-refractivity contribution in [3.63, 3.8) is 0 Å². The molecule has 2 aliphatic carbocycles. The number of hydrogen-bond donors (Lipinski definition) is 1. The fraction of sp³-hybridized carbons (Fsp3) is 0.529. The van der Waals surface area contributed by atoms with Crippen LogP contribution in [0.25, 0.3) is 0 Å². The molecule has 4 heteroatoms. The Kier molecular flexibility index (Phi) is 4.59. The van der Waals surface area contributed by atoms with Crippen molar-refractivity contribution in [3.8, 4) is 0 Å². The molecule has 0 heterocycles. The van der Waals surface area contributed by atoms with Gasteiger partial charge in [-0.25, -0.2) is 5.43 Å². The van der Waals surface area contributed by atoms with Gasteiger partial charge >= 0.3 is 0 Å². The van der Waals surface area contributed by atoms with Crippen LogP contribution < -0.4 is 5.43 Å². The number of rotatable bonds is 2. The average Bonchev–Trinajstić information content (AvgIpc) is 2.52. The lowest BCUT2D eigenvalue weighted by atomic mass is 9.70. The summed E-state index contributed by atoms with van der Waals surface area (Å²) in [5.74, 6) is 1.49.